The second-order valence-electron chi connectivity index (χ2n) is 14.4. The minimum absolute atomic E-state index is 0.131. The number of aromatic hydroxyl groups is 4. The third-order valence-corrected chi connectivity index (χ3v) is 11.1. The number of rotatable bonds is 4. The van der Waals surface area contributed by atoms with Crippen LogP contribution in [0.1, 0.15) is 58.8 Å². The van der Waals surface area contributed by atoms with Crippen molar-refractivity contribution in [2.24, 2.45) is 9.98 Å². The number of fused-ring (bicyclic) bond motifs is 6. The van der Waals surface area contributed by atoms with E-state index in [9.17, 15) is 20.4 Å². The minimum Gasteiger partial charge on any atom is -0.508 e. The number of aliphatic imine (C=N–C) groups is 2. The lowest BCUT2D eigenvalue weighted by Crippen LogP contribution is -2.42. The predicted molar refractivity (Wildman–Crippen MR) is 203 cm³/mol. The van der Waals surface area contributed by atoms with Crippen LogP contribution in [0.2, 0.25) is 0 Å². The molecule has 9 rings (SSSR count). The van der Waals surface area contributed by atoms with E-state index in [1.807, 2.05) is 60.7 Å². The first-order chi connectivity index (χ1) is 25.4. The van der Waals surface area contributed by atoms with Crippen LogP contribution in [0.25, 0.3) is 0 Å². The maximum Gasteiger partial charge on any atom is 0.115 e. The molecule has 8 heteroatoms. The summed E-state index contributed by atoms with van der Waals surface area (Å²) in [6.07, 6.45) is 14.5. The summed E-state index contributed by atoms with van der Waals surface area (Å²) in [6, 6.07) is 29.2. The van der Waals surface area contributed by atoms with Gasteiger partial charge in [0, 0.05) is 83.5 Å². The molecule has 4 aromatic carbocycles. The lowest BCUT2D eigenvalue weighted by Gasteiger charge is -2.31. The summed E-state index contributed by atoms with van der Waals surface area (Å²) in [7, 11) is 0. The van der Waals surface area contributed by atoms with E-state index in [1.54, 1.807) is 24.3 Å². The molecule has 0 saturated carbocycles. The minimum atomic E-state index is -0.194. The highest BCUT2D eigenvalue weighted by Crippen LogP contribution is 2.44. The quantitative estimate of drug-likeness (QED) is 0.126. The van der Waals surface area contributed by atoms with Crippen molar-refractivity contribution < 1.29 is 20.4 Å². The van der Waals surface area contributed by atoms with Crippen LogP contribution in [0.5, 0.6) is 23.0 Å². The molecular weight excluding hydrogens is 649 g/mol. The fraction of sp³-hybridized carbons (Fsp3) is 0.227. The summed E-state index contributed by atoms with van der Waals surface area (Å²) in [4.78, 5) is 10.8. The first-order valence-corrected chi connectivity index (χ1v) is 18.0. The largest absolute Gasteiger partial charge is 0.508 e. The number of nitrogens with one attached hydrogen (secondary N) is 2. The van der Waals surface area contributed by atoms with E-state index in [-0.39, 0.29) is 70.8 Å². The van der Waals surface area contributed by atoms with E-state index in [2.05, 4.69) is 59.2 Å². The highest BCUT2D eigenvalue weighted by molar-refractivity contribution is 5.97. The summed E-state index contributed by atoms with van der Waals surface area (Å²) in [5.41, 5.74) is 7.68. The van der Waals surface area contributed by atoms with Crippen LogP contribution in [0.4, 0.5) is 0 Å². The summed E-state index contributed by atoms with van der Waals surface area (Å²) < 4.78 is 0. The summed E-state index contributed by atoms with van der Waals surface area (Å²) in [5, 5.41) is 50.3. The monoisotopic (exact) mass is 688 g/mol. The van der Waals surface area contributed by atoms with Crippen molar-refractivity contribution in [3.63, 3.8) is 0 Å². The van der Waals surface area contributed by atoms with Crippen LogP contribution in [-0.2, 0) is 0 Å². The molecule has 52 heavy (non-hydrogen) atoms. The van der Waals surface area contributed by atoms with Gasteiger partial charge in [0.2, 0.25) is 0 Å². The van der Waals surface area contributed by atoms with Crippen LogP contribution >= 0.6 is 0 Å². The number of nitrogens with zero attached hydrogens (tertiary/aromatic N) is 2. The van der Waals surface area contributed by atoms with Crippen molar-refractivity contribution >= 4 is 11.4 Å². The van der Waals surface area contributed by atoms with Gasteiger partial charge in [-0.2, -0.15) is 0 Å². The SMILES string of the molecule is Oc1cccc(C2C3=CCC(=N3)C(c3cccc(O)c3)C3C=CC(N3)C(c3cccc(O)c3)C3=NC(=CC3)C(c3cccc(O)c3)C3C=CC2N3)c1. The molecule has 5 aliphatic rings. The second kappa shape index (κ2) is 13.1. The number of phenolic OH excluding ortho intramolecular Hbond substituents is 4. The Morgan fingerprint density at radius 1 is 0.423 bits per heavy atom. The Bertz CT molecular complexity index is 2080. The van der Waals surface area contributed by atoms with E-state index < -0.39 is 0 Å². The Kier molecular flexibility index (Phi) is 8.13. The van der Waals surface area contributed by atoms with E-state index in [0.717, 1.165) is 45.1 Å². The zero-order chi connectivity index (χ0) is 35.3. The molecule has 8 atom stereocenters. The van der Waals surface area contributed by atoms with Gasteiger partial charge in [-0.15, -0.1) is 0 Å². The highest BCUT2D eigenvalue weighted by Gasteiger charge is 2.41. The Hall–Kier alpha value is -5.70. The Balaban J connectivity index is 1.21. The topological polar surface area (TPSA) is 130 Å². The van der Waals surface area contributed by atoms with Crippen molar-refractivity contribution in [2.45, 2.75) is 60.7 Å². The van der Waals surface area contributed by atoms with E-state index >= 15 is 0 Å². The Morgan fingerprint density at radius 2 is 0.731 bits per heavy atom. The normalized spacial score (nSPS) is 29.1. The van der Waals surface area contributed by atoms with Gasteiger partial charge in [0.05, 0.1) is 0 Å². The Morgan fingerprint density at radius 3 is 1.06 bits per heavy atom. The molecule has 8 unspecified atom stereocenters. The third-order valence-electron chi connectivity index (χ3n) is 11.1. The van der Waals surface area contributed by atoms with Gasteiger partial charge < -0.3 is 31.1 Å². The lowest BCUT2D eigenvalue weighted by atomic mass is 9.85. The zero-order valence-electron chi connectivity index (χ0n) is 28.4. The standard InChI is InChI=1S/C44H40N4O4/c49-29-9-1-5-25(21-29)41-33-13-15-35(45-33)42(26-6-2-10-30(50)22-26)37-17-19-39(47-37)44(28-8-4-12-32(52)24-28)40-20-18-38(48-40)43(36-16-14-34(41)46-36)27-7-3-11-31(51)23-27/h1-15,17-18,20-24,33,35,38,40-45,48-52H,16,19H2. The smallest absolute Gasteiger partial charge is 0.115 e. The maximum absolute atomic E-state index is 10.6. The van der Waals surface area contributed by atoms with Gasteiger partial charge in [0.1, 0.15) is 23.0 Å². The molecule has 0 spiro atoms. The van der Waals surface area contributed by atoms with Crippen LogP contribution in [0.3, 0.4) is 0 Å². The number of hydrogen-bond donors (Lipinski definition) is 6. The van der Waals surface area contributed by atoms with E-state index in [1.165, 1.54) is 0 Å². The third kappa shape index (κ3) is 5.93. The molecular formula is C44H40N4O4. The zero-order valence-corrected chi connectivity index (χ0v) is 28.4. The predicted octanol–water partition coefficient (Wildman–Crippen LogP) is 7.21. The van der Waals surface area contributed by atoms with Gasteiger partial charge in [0.25, 0.3) is 0 Å². The molecule has 0 aromatic heterocycles. The van der Waals surface area contributed by atoms with Crippen LogP contribution in [-0.4, -0.2) is 56.0 Å². The molecule has 5 aliphatic heterocycles. The first kappa shape index (κ1) is 32.2. The molecule has 260 valence electrons. The molecule has 5 heterocycles. The Labute approximate surface area is 302 Å². The second-order valence-corrected chi connectivity index (χ2v) is 14.4. The number of benzene rings is 4. The van der Waals surface area contributed by atoms with Gasteiger partial charge in [-0.1, -0.05) is 85.0 Å². The van der Waals surface area contributed by atoms with Crippen molar-refractivity contribution in [2.75, 3.05) is 0 Å². The van der Waals surface area contributed by atoms with E-state index in [0.29, 0.717) is 12.8 Å². The van der Waals surface area contributed by atoms with Gasteiger partial charge in [-0.05, 0) is 70.8 Å². The van der Waals surface area contributed by atoms with Crippen molar-refractivity contribution in [1.82, 2.24) is 10.6 Å². The molecule has 0 aliphatic carbocycles. The molecule has 0 radical (unpaired) electrons. The fourth-order valence-electron chi connectivity index (χ4n) is 8.90. The van der Waals surface area contributed by atoms with Gasteiger partial charge in [-0.25, -0.2) is 0 Å². The molecule has 0 fully saturated rings. The summed E-state index contributed by atoms with van der Waals surface area (Å²) in [5.74, 6) is 0.0878. The van der Waals surface area contributed by atoms with Gasteiger partial charge in [0.15, 0.2) is 0 Å². The summed E-state index contributed by atoms with van der Waals surface area (Å²) in [6.45, 7) is 0. The van der Waals surface area contributed by atoms with Crippen molar-refractivity contribution in [3.05, 3.63) is 167 Å². The molecule has 6 N–H and O–H groups in total. The van der Waals surface area contributed by atoms with E-state index in [4.69, 9.17) is 9.98 Å². The molecule has 8 bridgehead atoms. The van der Waals surface area contributed by atoms with Crippen molar-refractivity contribution in [1.29, 1.82) is 0 Å². The van der Waals surface area contributed by atoms with Gasteiger partial charge in [-0.3, -0.25) is 9.98 Å². The fourth-order valence-corrected chi connectivity index (χ4v) is 8.90. The average molecular weight is 689 g/mol. The molecule has 4 aromatic rings. The average Bonchev–Trinajstić information content (AvgIpc) is 3.96. The molecule has 8 nitrogen and oxygen atoms in total. The van der Waals surface area contributed by atoms with Crippen LogP contribution in [0, 0.1) is 0 Å². The van der Waals surface area contributed by atoms with Crippen molar-refractivity contribution in [3.8, 4) is 23.0 Å². The summed E-state index contributed by atoms with van der Waals surface area (Å²) >= 11 is 0. The van der Waals surface area contributed by atoms with Gasteiger partial charge >= 0.3 is 0 Å². The van der Waals surface area contributed by atoms with Crippen LogP contribution in [0.15, 0.2) is 155 Å². The molecule has 0 saturated heterocycles. The number of phenols is 4. The number of allylic oxidation sites excluding steroid dienone is 2. The molecule has 0 amide bonds. The van der Waals surface area contributed by atoms with Crippen LogP contribution < -0.4 is 10.6 Å². The highest BCUT2D eigenvalue weighted by atomic mass is 16.3. The lowest BCUT2D eigenvalue weighted by molar-refractivity contribution is 0.465. The number of hydrogen-bond acceptors (Lipinski definition) is 8. The maximum atomic E-state index is 10.6. The first-order valence-electron chi connectivity index (χ1n) is 18.0.